The van der Waals surface area contributed by atoms with E-state index in [0.717, 1.165) is 48.0 Å². The van der Waals surface area contributed by atoms with Crippen molar-refractivity contribution in [1.82, 2.24) is 9.55 Å². The van der Waals surface area contributed by atoms with Crippen LogP contribution in [0.1, 0.15) is 53.9 Å². The molecular formula is C21H22N2O4. The first-order valence-electron chi connectivity index (χ1n) is 9.31. The van der Waals surface area contributed by atoms with Crippen LogP contribution >= 0.6 is 0 Å². The number of rotatable bonds is 5. The molecule has 0 radical (unpaired) electrons. The number of aliphatic carboxylic acids is 1. The Morgan fingerprint density at radius 2 is 1.89 bits per heavy atom. The van der Waals surface area contributed by atoms with E-state index in [9.17, 15) is 19.8 Å². The minimum Gasteiger partial charge on any atom is -0.480 e. The second-order valence-electron chi connectivity index (χ2n) is 7.20. The van der Waals surface area contributed by atoms with Gasteiger partial charge >= 0.3 is 11.9 Å². The molecule has 4 rings (SSSR count). The summed E-state index contributed by atoms with van der Waals surface area (Å²) in [6, 6.07) is 8.88. The monoisotopic (exact) mass is 366 g/mol. The Labute approximate surface area is 156 Å². The van der Waals surface area contributed by atoms with Gasteiger partial charge < -0.3 is 19.8 Å². The summed E-state index contributed by atoms with van der Waals surface area (Å²) in [4.78, 5) is 26.3. The zero-order valence-corrected chi connectivity index (χ0v) is 14.9. The van der Waals surface area contributed by atoms with E-state index in [2.05, 4.69) is 4.98 Å². The van der Waals surface area contributed by atoms with Crippen LogP contribution in [-0.2, 0) is 11.3 Å². The van der Waals surface area contributed by atoms with Crippen LogP contribution < -0.4 is 0 Å². The summed E-state index contributed by atoms with van der Waals surface area (Å²) in [7, 11) is 0. The van der Waals surface area contributed by atoms with Gasteiger partial charge in [0, 0.05) is 11.6 Å². The van der Waals surface area contributed by atoms with E-state index in [0.29, 0.717) is 11.4 Å². The zero-order chi connectivity index (χ0) is 19.0. The Balaban J connectivity index is 2.04. The van der Waals surface area contributed by atoms with Crippen LogP contribution in [0.4, 0.5) is 0 Å². The Hall–Kier alpha value is -3.02. The smallest absolute Gasteiger partial charge is 0.335 e. The van der Waals surface area contributed by atoms with E-state index in [1.165, 1.54) is 6.42 Å². The molecule has 0 saturated heterocycles. The van der Waals surface area contributed by atoms with Crippen molar-refractivity contribution in [3.8, 4) is 11.4 Å². The van der Waals surface area contributed by atoms with Gasteiger partial charge in [-0.15, -0.1) is 0 Å². The summed E-state index contributed by atoms with van der Waals surface area (Å²) >= 11 is 0. The number of carboxylic acids is 2. The number of carbonyl (C=O) groups is 2. The summed E-state index contributed by atoms with van der Waals surface area (Å²) < 4.78 is 1.75. The highest BCUT2D eigenvalue weighted by Crippen LogP contribution is 2.43. The van der Waals surface area contributed by atoms with Crippen LogP contribution in [0.25, 0.3) is 22.3 Å². The molecule has 27 heavy (non-hydrogen) atoms. The SMILES string of the molecule is O=C(O)Cn1c(-c2ccc[nH]2)c(C2CCCCC2)c2ccc(C(=O)O)cc21. The lowest BCUT2D eigenvalue weighted by atomic mass is 9.82. The van der Waals surface area contributed by atoms with Crippen molar-refractivity contribution in [1.29, 1.82) is 0 Å². The summed E-state index contributed by atoms with van der Waals surface area (Å²) in [6.07, 6.45) is 7.51. The van der Waals surface area contributed by atoms with Crippen molar-refractivity contribution in [3.05, 3.63) is 47.7 Å². The summed E-state index contributed by atoms with van der Waals surface area (Å²) in [6.45, 7) is -0.208. The average molecular weight is 366 g/mol. The first-order valence-corrected chi connectivity index (χ1v) is 9.31. The fourth-order valence-electron chi connectivity index (χ4n) is 4.38. The molecule has 1 aromatic carbocycles. The molecule has 140 valence electrons. The van der Waals surface area contributed by atoms with Gasteiger partial charge in [-0.3, -0.25) is 4.79 Å². The van der Waals surface area contributed by atoms with Gasteiger partial charge in [-0.05, 0) is 48.6 Å². The lowest BCUT2D eigenvalue weighted by molar-refractivity contribution is -0.137. The molecule has 3 aromatic rings. The first-order chi connectivity index (χ1) is 13.1. The van der Waals surface area contributed by atoms with Crippen LogP contribution in [0, 0.1) is 0 Å². The Morgan fingerprint density at radius 3 is 2.52 bits per heavy atom. The highest BCUT2D eigenvalue weighted by atomic mass is 16.4. The number of aromatic amines is 1. The van der Waals surface area contributed by atoms with E-state index in [1.807, 2.05) is 24.4 Å². The van der Waals surface area contributed by atoms with Crippen LogP contribution in [-0.4, -0.2) is 31.7 Å². The molecule has 0 unspecified atom stereocenters. The summed E-state index contributed by atoms with van der Waals surface area (Å²) in [5, 5.41) is 19.8. The van der Waals surface area contributed by atoms with Gasteiger partial charge in [-0.25, -0.2) is 4.79 Å². The molecule has 1 fully saturated rings. The van der Waals surface area contributed by atoms with Gasteiger partial charge in [0.1, 0.15) is 6.54 Å². The van der Waals surface area contributed by atoms with Crippen molar-refractivity contribution >= 4 is 22.8 Å². The molecule has 0 spiro atoms. The second kappa shape index (κ2) is 6.95. The van der Waals surface area contributed by atoms with Crippen LogP contribution in [0.3, 0.4) is 0 Å². The standard InChI is InChI=1S/C21H22N2O4/c24-18(25)12-23-17-11-14(21(26)27)8-9-15(17)19(13-5-2-1-3-6-13)20(23)16-7-4-10-22-16/h4,7-11,13,22H,1-3,5-6,12H2,(H,24,25)(H,26,27). The van der Waals surface area contributed by atoms with Crippen molar-refractivity contribution in [2.45, 2.75) is 44.6 Å². The van der Waals surface area contributed by atoms with Gasteiger partial charge in [0.05, 0.1) is 22.5 Å². The number of aromatic nitrogens is 2. The average Bonchev–Trinajstić information content (AvgIpc) is 3.28. The van der Waals surface area contributed by atoms with Gasteiger partial charge in [0.25, 0.3) is 0 Å². The topological polar surface area (TPSA) is 95.3 Å². The van der Waals surface area contributed by atoms with Gasteiger partial charge in [0.15, 0.2) is 0 Å². The third-order valence-corrected chi connectivity index (χ3v) is 5.51. The van der Waals surface area contributed by atoms with Crippen molar-refractivity contribution in [3.63, 3.8) is 0 Å². The minimum atomic E-state index is -1.01. The molecule has 0 atom stereocenters. The number of carboxylic acid groups (broad SMARTS) is 2. The quantitative estimate of drug-likeness (QED) is 0.621. The molecule has 1 aliphatic carbocycles. The number of hydrogen-bond donors (Lipinski definition) is 3. The predicted molar refractivity (Wildman–Crippen MR) is 102 cm³/mol. The van der Waals surface area contributed by atoms with Gasteiger partial charge in [0.2, 0.25) is 0 Å². The van der Waals surface area contributed by atoms with E-state index >= 15 is 0 Å². The fraction of sp³-hybridized carbons (Fsp3) is 0.333. The van der Waals surface area contributed by atoms with Gasteiger partial charge in [-0.2, -0.15) is 0 Å². The first kappa shape index (κ1) is 17.4. The molecule has 0 bridgehead atoms. The number of nitrogens with zero attached hydrogens (tertiary/aromatic N) is 1. The van der Waals surface area contributed by atoms with Crippen molar-refractivity contribution in [2.75, 3.05) is 0 Å². The highest BCUT2D eigenvalue weighted by Gasteiger charge is 2.28. The molecule has 1 aliphatic rings. The van der Waals surface area contributed by atoms with E-state index in [4.69, 9.17) is 0 Å². The van der Waals surface area contributed by atoms with Crippen molar-refractivity contribution < 1.29 is 19.8 Å². The van der Waals surface area contributed by atoms with Crippen LogP contribution in [0.5, 0.6) is 0 Å². The fourth-order valence-corrected chi connectivity index (χ4v) is 4.38. The maximum atomic E-state index is 11.6. The van der Waals surface area contributed by atoms with Crippen LogP contribution in [0.2, 0.25) is 0 Å². The normalized spacial score (nSPS) is 15.3. The summed E-state index contributed by atoms with van der Waals surface area (Å²) in [5.74, 6) is -1.61. The van der Waals surface area contributed by atoms with Gasteiger partial charge in [-0.1, -0.05) is 25.3 Å². The molecule has 3 N–H and O–H groups in total. The molecular weight excluding hydrogens is 344 g/mol. The Bertz CT molecular complexity index is 995. The number of aromatic carboxylic acids is 1. The number of fused-ring (bicyclic) bond motifs is 1. The maximum absolute atomic E-state index is 11.6. The van der Waals surface area contributed by atoms with Crippen LogP contribution in [0.15, 0.2) is 36.5 Å². The molecule has 6 heteroatoms. The van der Waals surface area contributed by atoms with E-state index < -0.39 is 11.9 Å². The molecule has 2 aromatic heterocycles. The maximum Gasteiger partial charge on any atom is 0.335 e. The largest absolute Gasteiger partial charge is 0.480 e. The second-order valence-corrected chi connectivity index (χ2v) is 7.20. The van der Waals surface area contributed by atoms with Crippen molar-refractivity contribution in [2.24, 2.45) is 0 Å². The number of hydrogen-bond acceptors (Lipinski definition) is 2. The highest BCUT2D eigenvalue weighted by molar-refractivity contribution is 5.98. The number of benzene rings is 1. The molecule has 6 nitrogen and oxygen atoms in total. The van der Waals surface area contributed by atoms with E-state index in [1.54, 1.807) is 16.7 Å². The molecule has 1 saturated carbocycles. The Morgan fingerprint density at radius 1 is 1.11 bits per heavy atom. The zero-order valence-electron chi connectivity index (χ0n) is 14.9. The number of H-pyrrole nitrogens is 1. The summed E-state index contributed by atoms with van der Waals surface area (Å²) in [5.41, 5.74) is 3.71. The molecule has 2 heterocycles. The molecule has 0 amide bonds. The lowest BCUT2D eigenvalue weighted by Gasteiger charge is -2.23. The lowest BCUT2D eigenvalue weighted by Crippen LogP contribution is -2.12. The number of nitrogens with one attached hydrogen (secondary N) is 1. The van der Waals surface area contributed by atoms with E-state index in [-0.39, 0.29) is 12.1 Å². The Kier molecular flexibility index (Phi) is 4.48. The predicted octanol–water partition coefficient (Wildman–Crippen LogP) is 4.47. The minimum absolute atomic E-state index is 0.167. The molecule has 0 aliphatic heterocycles. The third-order valence-electron chi connectivity index (χ3n) is 5.51. The third kappa shape index (κ3) is 3.12.